The summed E-state index contributed by atoms with van der Waals surface area (Å²) in [4.78, 5) is 13.5. The van der Waals surface area contributed by atoms with Crippen molar-refractivity contribution in [3.63, 3.8) is 0 Å². The SMILES string of the molecule is Cc1ccc(S(=O)(=O)C2(C(=O)N[C@H](C)CCc3ccccc3)CCCC2)cc1C. The number of carbonyl (C=O) groups excluding carboxylic acids is 1. The summed E-state index contributed by atoms with van der Waals surface area (Å²) in [5, 5.41) is 3.02. The second-order valence-electron chi connectivity index (χ2n) is 8.35. The Bertz CT molecular complexity index is 961. The lowest BCUT2D eigenvalue weighted by atomic mass is 10.0. The molecule has 0 aliphatic heterocycles. The van der Waals surface area contributed by atoms with Crippen LogP contribution in [0.2, 0.25) is 0 Å². The normalized spacial score (nSPS) is 17.1. The number of amides is 1. The minimum atomic E-state index is -3.76. The molecule has 2 aromatic carbocycles. The summed E-state index contributed by atoms with van der Waals surface area (Å²) in [6.45, 7) is 5.81. The Hall–Kier alpha value is -2.14. The first kappa shape index (κ1) is 21.6. The van der Waals surface area contributed by atoms with Crippen LogP contribution in [0.5, 0.6) is 0 Å². The Labute approximate surface area is 174 Å². The zero-order valence-electron chi connectivity index (χ0n) is 17.6. The van der Waals surface area contributed by atoms with Gasteiger partial charge in [0.25, 0.3) is 0 Å². The van der Waals surface area contributed by atoms with Gasteiger partial charge in [-0.15, -0.1) is 0 Å². The van der Waals surface area contributed by atoms with E-state index in [1.54, 1.807) is 12.1 Å². The molecule has 0 aromatic heterocycles. The minimum absolute atomic E-state index is 0.0878. The lowest BCUT2D eigenvalue weighted by Gasteiger charge is -2.29. The van der Waals surface area contributed by atoms with E-state index in [-0.39, 0.29) is 16.8 Å². The van der Waals surface area contributed by atoms with Crippen LogP contribution in [0, 0.1) is 13.8 Å². The Morgan fingerprint density at radius 1 is 1.03 bits per heavy atom. The number of rotatable bonds is 7. The molecular formula is C24H31NO3S. The summed E-state index contributed by atoms with van der Waals surface area (Å²) < 4.78 is 25.8. The van der Waals surface area contributed by atoms with Gasteiger partial charge in [-0.05, 0) is 75.3 Å². The van der Waals surface area contributed by atoms with Gasteiger partial charge in [-0.1, -0.05) is 49.2 Å². The molecule has 1 saturated carbocycles. The number of hydrogen-bond donors (Lipinski definition) is 1. The van der Waals surface area contributed by atoms with Crippen LogP contribution in [-0.2, 0) is 21.1 Å². The highest BCUT2D eigenvalue weighted by atomic mass is 32.2. The fraction of sp³-hybridized carbons (Fsp3) is 0.458. The molecule has 0 heterocycles. The monoisotopic (exact) mass is 413 g/mol. The average molecular weight is 414 g/mol. The fourth-order valence-corrected chi connectivity index (χ4v) is 6.29. The van der Waals surface area contributed by atoms with Gasteiger partial charge in [-0.3, -0.25) is 4.79 Å². The Balaban J connectivity index is 1.78. The number of benzene rings is 2. The van der Waals surface area contributed by atoms with Crippen molar-refractivity contribution in [1.82, 2.24) is 5.32 Å². The first-order chi connectivity index (χ1) is 13.8. The Morgan fingerprint density at radius 2 is 1.69 bits per heavy atom. The van der Waals surface area contributed by atoms with Crippen molar-refractivity contribution >= 4 is 15.7 Å². The number of carbonyl (C=O) groups is 1. The van der Waals surface area contributed by atoms with Crippen molar-refractivity contribution < 1.29 is 13.2 Å². The molecule has 1 fully saturated rings. The molecule has 3 rings (SSSR count). The summed E-state index contributed by atoms with van der Waals surface area (Å²) in [6.07, 6.45) is 3.92. The number of hydrogen-bond acceptors (Lipinski definition) is 3. The highest BCUT2D eigenvalue weighted by molar-refractivity contribution is 7.93. The Kier molecular flexibility index (Phi) is 6.47. The third-order valence-electron chi connectivity index (χ3n) is 6.21. The van der Waals surface area contributed by atoms with Crippen molar-refractivity contribution in [3.8, 4) is 0 Å². The van der Waals surface area contributed by atoms with Crippen molar-refractivity contribution in [2.24, 2.45) is 0 Å². The van der Waals surface area contributed by atoms with Gasteiger partial charge >= 0.3 is 0 Å². The molecule has 0 spiro atoms. The second kappa shape index (κ2) is 8.70. The van der Waals surface area contributed by atoms with Crippen LogP contribution in [0.15, 0.2) is 53.4 Å². The van der Waals surface area contributed by atoms with Gasteiger partial charge in [0.1, 0.15) is 0 Å². The van der Waals surface area contributed by atoms with Crippen LogP contribution in [0.4, 0.5) is 0 Å². The van der Waals surface area contributed by atoms with Crippen LogP contribution in [0.25, 0.3) is 0 Å². The van der Waals surface area contributed by atoms with Gasteiger partial charge < -0.3 is 5.32 Å². The van der Waals surface area contributed by atoms with Crippen molar-refractivity contribution in [2.45, 2.75) is 75.0 Å². The Morgan fingerprint density at radius 3 is 2.31 bits per heavy atom. The van der Waals surface area contributed by atoms with Crippen LogP contribution in [0.3, 0.4) is 0 Å². The molecule has 5 heteroatoms. The molecule has 0 radical (unpaired) electrons. The maximum absolute atomic E-state index is 13.6. The van der Waals surface area contributed by atoms with Gasteiger partial charge in [0.2, 0.25) is 5.91 Å². The van der Waals surface area contributed by atoms with Gasteiger partial charge in [0.05, 0.1) is 4.90 Å². The summed E-state index contributed by atoms with van der Waals surface area (Å²) in [5.74, 6) is -0.339. The number of sulfone groups is 1. The zero-order valence-corrected chi connectivity index (χ0v) is 18.4. The smallest absolute Gasteiger partial charge is 0.242 e. The molecule has 0 saturated heterocycles. The fourth-order valence-electron chi connectivity index (χ4n) is 4.13. The second-order valence-corrected chi connectivity index (χ2v) is 10.6. The molecule has 0 unspecified atom stereocenters. The van der Waals surface area contributed by atoms with Crippen LogP contribution >= 0.6 is 0 Å². The molecule has 0 bridgehead atoms. The van der Waals surface area contributed by atoms with E-state index in [4.69, 9.17) is 0 Å². The first-order valence-corrected chi connectivity index (χ1v) is 11.9. The predicted molar refractivity (Wildman–Crippen MR) is 117 cm³/mol. The van der Waals surface area contributed by atoms with Crippen molar-refractivity contribution in [2.75, 3.05) is 0 Å². The molecule has 1 N–H and O–H groups in total. The summed E-state index contributed by atoms with van der Waals surface area (Å²) >= 11 is 0. The van der Waals surface area contributed by atoms with Crippen LogP contribution in [0.1, 0.15) is 55.7 Å². The first-order valence-electron chi connectivity index (χ1n) is 10.4. The predicted octanol–water partition coefficient (Wildman–Crippen LogP) is 4.53. The van der Waals surface area contributed by atoms with Crippen molar-refractivity contribution in [1.29, 1.82) is 0 Å². The van der Waals surface area contributed by atoms with Crippen molar-refractivity contribution in [3.05, 3.63) is 65.2 Å². The molecule has 1 aliphatic carbocycles. The maximum atomic E-state index is 13.6. The number of aryl methyl sites for hydroxylation is 3. The average Bonchev–Trinajstić information content (AvgIpc) is 3.21. The standard InChI is InChI=1S/C24H31NO3S/c1-18-11-14-22(17-19(18)2)29(27,28)24(15-7-8-16-24)23(26)25-20(3)12-13-21-9-5-4-6-10-21/h4-6,9-11,14,17,20H,7-8,12-13,15-16H2,1-3H3,(H,25,26)/t20-/m1/s1. The highest BCUT2D eigenvalue weighted by Gasteiger charge is 2.53. The molecule has 1 amide bonds. The summed E-state index contributed by atoms with van der Waals surface area (Å²) in [6, 6.07) is 15.2. The largest absolute Gasteiger partial charge is 0.352 e. The van der Waals surface area contributed by atoms with Gasteiger partial charge in [0, 0.05) is 6.04 Å². The van der Waals surface area contributed by atoms with Crippen LogP contribution < -0.4 is 5.32 Å². The molecule has 1 atom stereocenters. The molecule has 29 heavy (non-hydrogen) atoms. The van der Waals surface area contributed by atoms with Crippen LogP contribution in [-0.4, -0.2) is 25.1 Å². The molecule has 2 aromatic rings. The molecule has 156 valence electrons. The number of nitrogens with one attached hydrogen (secondary N) is 1. The van der Waals surface area contributed by atoms with Gasteiger partial charge in [-0.25, -0.2) is 8.42 Å². The third-order valence-corrected chi connectivity index (χ3v) is 8.71. The van der Waals surface area contributed by atoms with Gasteiger partial charge in [-0.2, -0.15) is 0 Å². The molecule has 4 nitrogen and oxygen atoms in total. The van der Waals surface area contributed by atoms with Gasteiger partial charge in [0.15, 0.2) is 14.6 Å². The zero-order chi connectivity index (χ0) is 21.1. The summed E-state index contributed by atoms with van der Waals surface area (Å²) in [5.41, 5.74) is 3.19. The maximum Gasteiger partial charge on any atom is 0.242 e. The minimum Gasteiger partial charge on any atom is -0.352 e. The third kappa shape index (κ3) is 4.40. The lowest BCUT2D eigenvalue weighted by molar-refractivity contribution is -0.124. The van der Waals surface area contributed by atoms with E-state index in [0.29, 0.717) is 12.8 Å². The van der Waals surface area contributed by atoms with E-state index in [2.05, 4.69) is 17.4 Å². The van der Waals surface area contributed by atoms with E-state index in [0.717, 1.165) is 36.8 Å². The van der Waals surface area contributed by atoms with E-state index < -0.39 is 14.6 Å². The summed E-state index contributed by atoms with van der Waals surface area (Å²) in [7, 11) is -3.76. The molecule has 1 aliphatic rings. The molecular weight excluding hydrogens is 382 g/mol. The van der Waals surface area contributed by atoms with E-state index in [9.17, 15) is 13.2 Å². The lowest BCUT2D eigenvalue weighted by Crippen LogP contribution is -2.52. The van der Waals surface area contributed by atoms with E-state index in [1.165, 1.54) is 5.56 Å². The quantitative estimate of drug-likeness (QED) is 0.725. The van der Waals surface area contributed by atoms with E-state index >= 15 is 0 Å². The highest BCUT2D eigenvalue weighted by Crippen LogP contribution is 2.41. The topological polar surface area (TPSA) is 63.2 Å². The van der Waals surface area contributed by atoms with E-state index in [1.807, 2.05) is 45.0 Å².